The minimum absolute atomic E-state index is 0.0524. The summed E-state index contributed by atoms with van der Waals surface area (Å²) in [6.07, 6.45) is 3.42. The molecule has 1 saturated carbocycles. The van der Waals surface area contributed by atoms with Gasteiger partial charge in [-0.05, 0) is 18.4 Å². The smallest absolute Gasteiger partial charge is 0.240 e. The maximum Gasteiger partial charge on any atom is 0.240 e. The number of nitriles is 1. The van der Waals surface area contributed by atoms with Crippen molar-refractivity contribution in [2.75, 3.05) is 6.54 Å². The van der Waals surface area contributed by atoms with Crippen LogP contribution < -0.4 is 5.32 Å². The van der Waals surface area contributed by atoms with Gasteiger partial charge >= 0.3 is 0 Å². The SMILES string of the molecule is N#CC1(C(=O)NC2CC(=O)N(Cc3ccccc3)C2)CCCC1. The molecule has 5 heteroatoms. The van der Waals surface area contributed by atoms with Crippen molar-refractivity contribution in [1.82, 2.24) is 10.2 Å². The minimum Gasteiger partial charge on any atom is -0.350 e. The van der Waals surface area contributed by atoms with Crippen LogP contribution in [0.15, 0.2) is 30.3 Å². The fourth-order valence-electron chi connectivity index (χ4n) is 3.52. The summed E-state index contributed by atoms with van der Waals surface area (Å²) in [6, 6.07) is 11.8. The first kappa shape index (κ1) is 15.5. The van der Waals surface area contributed by atoms with E-state index in [0.29, 0.717) is 32.4 Å². The van der Waals surface area contributed by atoms with E-state index >= 15 is 0 Å². The molecular weight excluding hydrogens is 290 g/mol. The normalized spacial score (nSPS) is 22.8. The fraction of sp³-hybridized carbons (Fsp3) is 0.500. The van der Waals surface area contributed by atoms with Crippen molar-refractivity contribution in [2.45, 2.75) is 44.7 Å². The molecule has 1 aliphatic carbocycles. The summed E-state index contributed by atoms with van der Waals surface area (Å²) in [5.41, 5.74) is 0.202. The van der Waals surface area contributed by atoms with Gasteiger partial charge in [-0.3, -0.25) is 9.59 Å². The van der Waals surface area contributed by atoms with Gasteiger partial charge in [-0.1, -0.05) is 43.2 Å². The Balaban J connectivity index is 1.59. The van der Waals surface area contributed by atoms with Crippen LogP contribution in [-0.2, 0) is 16.1 Å². The Labute approximate surface area is 136 Å². The number of carbonyl (C=O) groups is 2. The molecule has 1 aromatic carbocycles. The third-order valence-electron chi connectivity index (χ3n) is 4.87. The van der Waals surface area contributed by atoms with Crippen LogP contribution in [0.5, 0.6) is 0 Å². The Hall–Kier alpha value is -2.35. The first-order valence-electron chi connectivity index (χ1n) is 8.17. The van der Waals surface area contributed by atoms with Gasteiger partial charge in [0.05, 0.1) is 12.1 Å². The van der Waals surface area contributed by atoms with Crippen LogP contribution in [0.1, 0.15) is 37.7 Å². The molecule has 1 unspecified atom stereocenters. The number of amides is 2. The lowest BCUT2D eigenvalue weighted by Crippen LogP contribution is -2.44. The van der Waals surface area contributed by atoms with Gasteiger partial charge in [0, 0.05) is 19.5 Å². The largest absolute Gasteiger partial charge is 0.350 e. The molecule has 120 valence electrons. The first-order valence-corrected chi connectivity index (χ1v) is 8.17. The second-order valence-corrected chi connectivity index (χ2v) is 6.54. The lowest BCUT2D eigenvalue weighted by Gasteiger charge is -2.22. The summed E-state index contributed by atoms with van der Waals surface area (Å²) >= 11 is 0. The number of likely N-dealkylation sites (tertiary alicyclic amines) is 1. The average molecular weight is 311 g/mol. The molecule has 1 aromatic rings. The molecule has 0 spiro atoms. The van der Waals surface area contributed by atoms with Crippen LogP contribution >= 0.6 is 0 Å². The Kier molecular flexibility index (Phi) is 4.33. The zero-order valence-electron chi connectivity index (χ0n) is 13.1. The maximum atomic E-state index is 12.5. The van der Waals surface area contributed by atoms with Gasteiger partial charge in [-0.25, -0.2) is 0 Å². The van der Waals surface area contributed by atoms with Gasteiger partial charge in [0.1, 0.15) is 5.41 Å². The molecule has 1 heterocycles. The lowest BCUT2D eigenvalue weighted by molar-refractivity contribution is -0.128. The van der Waals surface area contributed by atoms with E-state index in [1.165, 1.54) is 0 Å². The van der Waals surface area contributed by atoms with Crippen LogP contribution in [0.3, 0.4) is 0 Å². The van der Waals surface area contributed by atoms with Crippen molar-refractivity contribution in [2.24, 2.45) is 5.41 Å². The molecule has 1 atom stereocenters. The lowest BCUT2D eigenvalue weighted by atomic mass is 9.87. The number of benzene rings is 1. The van der Waals surface area contributed by atoms with Crippen molar-refractivity contribution in [3.05, 3.63) is 35.9 Å². The molecule has 23 heavy (non-hydrogen) atoms. The van der Waals surface area contributed by atoms with Gasteiger partial charge in [-0.15, -0.1) is 0 Å². The molecule has 0 aromatic heterocycles. The number of hydrogen-bond donors (Lipinski definition) is 1. The van der Waals surface area contributed by atoms with Crippen molar-refractivity contribution in [3.8, 4) is 6.07 Å². The highest BCUT2D eigenvalue weighted by atomic mass is 16.2. The Morgan fingerprint density at radius 2 is 2.00 bits per heavy atom. The number of nitrogens with zero attached hydrogens (tertiary/aromatic N) is 2. The second-order valence-electron chi connectivity index (χ2n) is 6.54. The monoisotopic (exact) mass is 311 g/mol. The van der Waals surface area contributed by atoms with Crippen LogP contribution in [0.4, 0.5) is 0 Å². The summed E-state index contributed by atoms with van der Waals surface area (Å²) in [7, 11) is 0. The number of hydrogen-bond acceptors (Lipinski definition) is 3. The minimum atomic E-state index is -0.879. The summed E-state index contributed by atoms with van der Waals surface area (Å²) < 4.78 is 0. The van der Waals surface area contributed by atoms with Gasteiger partial charge in [0.25, 0.3) is 0 Å². The van der Waals surface area contributed by atoms with Gasteiger partial charge in [0.15, 0.2) is 0 Å². The van der Waals surface area contributed by atoms with E-state index in [2.05, 4.69) is 11.4 Å². The molecule has 3 rings (SSSR count). The van der Waals surface area contributed by atoms with E-state index in [9.17, 15) is 14.9 Å². The summed E-state index contributed by atoms with van der Waals surface area (Å²) in [4.78, 5) is 26.4. The van der Waals surface area contributed by atoms with E-state index in [-0.39, 0.29) is 17.9 Å². The second kappa shape index (κ2) is 6.41. The average Bonchev–Trinajstić information content (AvgIpc) is 3.17. The predicted octanol–water partition coefficient (Wildman–Crippen LogP) is 1.99. The number of carbonyl (C=O) groups excluding carboxylic acids is 2. The summed E-state index contributed by atoms with van der Waals surface area (Å²) in [5, 5.41) is 12.3. The summed E-state index contributed by atoms with van der Waals surface area (Å²) in [6.45, 7) is 1.08. The third kappa shape index (κ3) is 3.21. The molecule has 1 aliphatic heterocycles. The topological polar surface area (TPSA) is 73.2 Å². The van der Waals surface area contributed by atoms with Gasteiger partial charge in [-0.2, -0.15) is 5.26 Å². The van der Waals surface area contributed by atoms with Crippen LogP contribution in [0.25, 0.3) is 0 Å². The number of nitrogens with one attached hydrogen (secondary N) is 1. The molecule has 5 nitrogen and oxygen atoms in total. The Morgan fingerprint density at radius 3 is 2.65 bits per heavy atom. The van der Waals surface area contributed by atoms with Crippen LogP contribution in [0, 0.1) is 16.7 Å². The van der Waals surface area contributed by atoms with Crippen molar-refractivity contribution < 1.29 is 9.59 Å². The Morgan fingerprint density at radius 1 is 1.30 bits per heavy atom. The highest BCUT2D eigenvalue weighted by Crippen LogP contribution is 2.37. The first-order chi connectivity index (χ1) is 11.1. The quantitative estimate of drug-likeness (QED) is 0.924. The molecule has 0 bridgehead atoms. The molecule has 2 aliphatic rings. The molecule has 2 amide bonds. The number of rotatable bonds is 4. The van der Waals surface area contributed by atoms with Crippen molar-refractivity contribution in [3.63, 3.8) is 0 Å². The standard InChI is InChI=1S/C18H21N3O2/c19-13-18(8-4-5-9-18)17(23)20-15-10-16(22)21(12-15)11-14-6-2-1-3-7-14/h1-3,6-7,15H,4-5,8-12H2,(H,20,23). The van der Waals surface area contributed by atoms with Crippen LogP contribution in [0.2, 0.25) is 0 Å². The van der Waals surface area contributed by atoms with Gasteiger partial charge < -0.3 is 10.2 Å². The fourth-order valence-corrected chi connectivity index (χ4v) is 3.52. The Bertz CT molecular complexity index is 629. The zero-order chi connectivity index (χ0) is 16.3. The highest BCUT2D eigenvalue weighted by molar-refractivity contribution is 5.87. The molecule has 1 N–H and O–H groups in total. The summed E-state index contributed by atoms with van der Waals surface area (Å²) in [5.74, 6) is -0.145. The van der Waals surface area contributed by atoms with E-state index in [1.807, 2.05) is 30.3 Å². The molecule has 2 fully saturated rings. The highest BCUT2D eigenvalue weighted by Gasteiger charge is 2.43. The van der Waals surface area contributed by atoms with Gasteiger partial charge in [0.2, 0.25) is 11.8 Å². The molecule has 1 saturated heterocycles. The van der Waals surface area contributed by atoms with E-state index < -0.39 is 5.41 Å². The van der Waals surface area contributed by atoms with Crippen LogP contribution in [-0.4, -0.2) is 29.3 Å². The van der Waals surface area contributed by atoms with E-state index in [4.69, 9.17) is 0 Å². The van der Waals surface area contributed by atoms with E-state index in [0.717, 1.165) is 18.4 Å². The van der Waals surface area contributed by atoms with Crippen molar-refractivity contribution >= 4 is 11.8 Å². The predicted molar refractivity (Wildman–Crippen MR) is 84.9 cm³/mol. The van der Waals surface area contributed by atoms with Crippen molar-refractivity contribution in [1.29, 1.82) is 5.26 Å². The third-order valence-corrected chi connectivity index (χ3v) is 4.87. The zero-order valence-corrected chi connectivity index (χ0v) is 13.1. The molecular formula is C18H21N3O2. The maximum absolute atomic E-state index is 12.5. The van der Waals surface area contributed by atoms with E-state index in [1.54, 1.807) is 4.90 Å². The molecule has 0 radical (unpaired) electrons.